The van der Waals surface area contributed by atoms with Crippen molar-refractivity contribution in [3.8, 4) is 0 Å². The third-order valence-corrected chi connectivity index (χ3v) is 4.51. The number of aryl methyl sites for hydroxylation is 1. The van der Waals surface area contributed by atoms with Gasteiger partial charge in [-0.25, -0.2) is 9.78 Å². The number of alkyl halides is 3. The Kier molecular flexibility index (Phi) is 4.91. The first-order valence-corrected chi connectivity index (χ1v) is 8.31. The molecule has 27 heavy (non-hydrogen) atoms. The summed E-state index contributed by atoms with van der Waals surface area (Å²) < 4.78 is 43.2. The van der Waals surface area contributed by atoms with Gasteiger partial charge >= 0.3 is 12.1 Å². The van der Waals surface area contributed by atoms with Crippen LogP contribution in [0.25, 0.3) is 0 Å². The number of carbonyl (C=O) groups excluding carboxylic acids is 2. The van der Waals surface area contributed by atoms with Crippen LogP contribution in [-0.2, 0) is 17.3 Å². The zero-order valence-corrected chi connectivity index (χ0v) is 14.8. The van der Waals surface area contributed by atoms with Crippen molar-refractivity contribution in [2.45, 2.75) is 25.9 Å². The highest BCUT2D eigenvalue weighted by molar-refractivity contribution is 6.08. The van der Waals surface area contributed by atoms with E-state index in [1.165, 1.54) is 18.9 Å². The topological polar surface area (TPSA) is 59.5 Å². The number of fused-ring (bicyclic) bond motifs is 1. The zero-order chi connectivity index (χ0) is 19.8. The predicted molar refractivity (Wildman–Crippen MR) is 91.8 cm³/mol. The summed E-state index contributed by atoms with van der Waals surface area (Å²) in [5, 5.41) is 0. The van der Waals surface area contributed by atoms with Crippen molar-refractivity contribution in [3.05, 3.63) is 58.4 Å². The Balaban J connectivity index is 2.00. The van der Waals surface area contributed by atoms with Crippen LogP contribution in [0.3, 0.4) is 0 Å². The number of pyridine rings is 1. The molecule has 2 aromatic rings. The molecule has 1 aliphatic rings. The maximum Gasteiger partial charge on any atom is 0.433 e. The zero-order valence-electron chi connectivity index (χ0n) is 14.8. The van der Waals surface area contributed by atoms with Crippen molar-refractivity contribution in [2.24, 2.45) is 0 Å². The molecule has 1 aromatic heterocycles. The minimum absolute atomic E-state index is 0.00562. The van der Waals surface area contributed by atoms with Gasteiger partial charge in [-0.05, 0) is 49.6 Å². The van der Waals surface area contributed by atoms with Crippen LogP contribution >= 0.6 is 0 Å². The van der Waals surface area contributed by atoms with Gasteiger partial charge in [-0.15, -0.1) is 0 Å². The van der Waals surface area contributed by atoms with E-state index in [1.807, 2.05) is 0 Å². The molecule has 0 saturated carbocycles. The number of halogens is 3. The molecule has 1 aliphatic heterocycles. The Morgan fingerprint density at radius 3 is 2.52 bits per heavy atom. The minimum atomic E-state index is -4.57. The first-order chi connectivity index (χ1) is 12.7. The molecule has 0 fully saturated rings. The standard InChI is InChI=1S/C19H17F3N2O3/c1-11-12(8-9-16(23-11)19(20,21)22)17(25)24-10-4-6-13-14(18(26)27-2)5-3-7-15(13)24/h3,5,7-9H,4,6,10H2,1-2H3. The van der Waals surface area contributed by atoms with E-state index in [1.54, 1.807) is 18.2 Å². The van der Waals surface area contributed by atoms with Gasteiger partial charge < -0.3 is 9.64 Å². The number of methoxy groups -OCH3 is 1. The summed E-state index contributed by atoms with van der Waals surface area (Å²) in [7, 11) is 1.28. The third kappa shape index (κ3) is 3.51. The van der Waals surface area contributed by atoms with Crippen molar-refractivity contribution in [3.63, 3.8) is 0 Å². The van der Waals surface area contributed by atoms with Gasteiger partial charge in [0.05, 0.1) is 23.9 Å². The molecular weight excluding hydrogens is 361 g/mol. The van der Waals surface area contributed by atoms with Gasteiger partial charge in [-0.3, -0.25) is 4.79 Å². The Bertz CT molecular complexity index is 910. The first kappa shape index (κ1) is 18.9. The Labute approximate surface area is 153 Å². The molecule has 0 saturated heterocycles. The molecular formula is C19H17F3N2O3. The number of rotatable bonds is 2. The van der Waals surface area contributed by atoms with E-state index in [0.29, 0.717) is 36.2 Å². The molecule has 1 amide bonds. The highest BCUT2D eigenvalue weighted by atomic mass is 19.4. The Hall–Kier alpha value is -2.90. The molecule has 0 atom stereocenters. The number of aromatic nitrogens is 1. The van der Waals surface area contributed by atoms with Gasteiger partial charge in [0.2, 0.25) is 0 Å². The molecule has 0 spiro atoms. The van der Waals surface area contributed by atoms with Crippen LogP contribution in [0.15, 0.2) is 30.3 Å². The highest BCUT2D eigenvalue weighted by Gasteiger charge is 2.34. The molecule has 5 nitrogen and oxygen atoms in total. The van der Waals surface area contributed by atoms with Crippen molar-refractivity contribution in [1.29, 1.82) is 0 Å². The van der Waals surface area contributed by atoms with Crippen molar-refractivity contribution >= 4 is 17.6 Å². The van der Waals surface area contributed by atoms with Gasteiger partial charge in [0.15, 0.2) is 0 Å². The molecule has 8 heteroatoms. The second-order valence-electron chi connectivity index (χ2n) is 6.18. The largest absolute Gasteiger partial charge is 0.465 e. The summed E-state index contributed by atoms with van der Waals surface area (Å²) in [4.78, 5) is 30.0. The number of carbonyl (C=O) groups is 2. The van der Waals surface area contributed by atoms with Gasteiger partial charge in [-0.1, -0.05) is 6.07 Å². The quantitative estimate of drug-likeness (QED) is 0.746. The average molecular weight is 378 g/mol. The number of benzene rings is 1. The lowest BCUT2D eigenvalue weighted by Crippen LogP contribution is -2.36. The van der Waals surface area contributed by atoms with Gasteiger partial charge in [0.1, 0.15) is 5.69 Å². The predicted octanol–water partition coefficient (Wildman–Crippen LogP) is 3.79. The number of hydrogen-bond acceptors (Lipinski definition) is 4. The number of anilines is 1. The van der Waals surface area contributed by atoms with Crippen LogP contribution in [0, 0.1) is 6.92 Å². The van der Waals surface area contributed by atoms with E-state index in [0.717, 1.165) is 12.1 Å². The van der Waals surface area contributed by atoms with E-state index in [4.69, 9.17) is 4.74 Å². The average Bonchev–Trinajstić information content (AvgIpc) is 2.65. The van der Waals surface area contributed by atoms with E-state index in [-0.39, 0.29) is 11.3 Å². The van der Waals surface area contributed by atoms with Crippen LogP contribution in [0.1, 0.15) is 44.1 Å². The monoisotopic (exact) mass is 378 g/mol. The third-order valence-electron chi connectivity index (χ3n) is 4.51. The fourth-order valence-corrected chi connectivity index (χ4v) is 3.23. The lowest BCUT2D eigenvalue weighted by atomic mass is 9.95. The summed E-state index contributed by atoms with van der Waals surface area (Å²) in [6.07, 6.45) is -3.34. The second kappa shape index (κ2) is 7.02. The second-order valence-corrected chi connectivity index (χ2v) is 6.18. The Morgan fingerprint density at radius 1 is 1.15 bits per heavy atom. The molecule has 0 N–H and O–H groups in total. The maximum atomic E-state index is 13.0. The summed E-state index contributed by atoms with van der Waals surface area (Å²) >= 11 is 0. The molecule has 0 bridgehead atoms. The summed E-state index contributed by atoms with van der Waals surface area (Å²) in [6.45, 7) is 1.77. The normalized spacial score (nSPS) is 13.9. The minimum Gasteiger partial charge on any atom is -0.465 e. The first-order valence-electron chi connectivity index (χ1n) is 8.31. The number of ether oxygens (including phenoxy) is 1. The molecule has 1 aromatic carbocycles. The number of amides is 1. The van der Waals surface area contributed by atoms with Gasteiger partial charge in [-0.2, -0.15) is 13.2 Å². The Morgan fingerprint density at radius 2 is 1.89 bits per heavy atom. The van der Waals surface area contributed by atoms with Crippen molar-refractivity contribution < 1.29 is 27.5 Å². The van der Waals surface area contributed by atoms with E-state index in [9.17, 15) is 22.8 Å². The van der Waals surface area contributed by atoms with Gasteiger partial charge in [0.25, 0.3) is 5.91 Å². The molecule has 0 unspecified atom stereocenters. The summed E-state index contributed by atoms with van der Waals surface area (Å²) in [5.41, 5.74) is 0.707. The van der Waals surface area contributed by atoms with E-state index >= 15 is 0 Å². The van der Waals surface area contributed by atoms with E-state index in [2.05, 4.69) is 4.98 Å². The van der Waals surface area contributed by atoms with Crippen LogP contribution in [0.4, 0.5) is 18.9 Å². The molecule has 0 aliphatic carbocycles. The summed E-state index contributed by atoms with van der Waals surface area (Å²) in [5.74, 6) is -0.940. The molecule has 0 radical (unpaired) electrons. The lowest BCUT2D eigenvalue weighted by molar-refractivity contribution is -0.141. The summed E-state index contributed by atoms with van der Waals surface area (Å²) in [6, 6.07) is 6.94. The molecule has 3 rings (SSSR count). The van der Waals surface area contributed by atoms with Gasteiger partial charge in [0, 0.05) is 12.2 Å². The fourth-order valence-electron chi connectivity index (χ4n) is 3.23. The van der Waals surface area contributed by atoms with Crippen LogP contribution in [0.2, 0.25) is 0 Å². The van der Waals surface area contributed by atoms with Crippen LogP contribution in [0.5, 0.6) is 0 Å². The molecule has 142 valence electrons. The van der Waals surface area contributed by atoms with Crippen LogP contribution in [-0.4, -0.2) is 30.5 Å². The fraction of sp³-hybridized carbons (Fsp3) is 0.316. The van der Waals surface area contributed by atoms with Crippen molar-refractivity contribution in [2.75, 3.05) is 18.6 Å². The smallest absolute Gasteiger partial charge is 0.433 e. The van der Waals surface area contributed by atoms with Crippen molar-refractivity contribution in [1.82, 2.24) is 4.98 Å². The SMILES string of the molecule is COC(=O)c1cccc2c1CCCN2C(=O)c1ccc(C(F)(F)F)nc1C. The maximum absolute atomic E-state index is 13.0. The lowest BCUT2D eigenvalue weighted by Gasteiger charge is -2.31. The van der Waals surface area contributed by atoms with Crippen LogP contribution < -0.4 is 4.90 Å². The number of hydrogen-bond donors (Lipinski definition) is 0. The number of esters is 1. The number of nitrogens with zero attached hydrogens (tertiary/aromatic N) is 2. The highest BCUT2D eigenvalue weighted by Crippen LogP contribution is 2.33. The molecule has 2 heterocycles. The van der Waals surface area contributed by atoms with E-state index < -0.39 is 23.7 Å².